The van der Waals surface area contributed by atoms with Crippen LogP contribution in [0.2, 0.25) is 10.0 Å². The van der Waals surface area contributed by atoms with Gasteiger partial charge in [-0.15, -0.1) is 0 Å². The molecule has 0 spiro atoms. The van der Waals surface area contributed by atoms with E-state index in [1.165, 1.54) is 17.8 Å². The minimum Gasteiger partial charge on any atom is -0.347 e. The molecule has 1 heterocycles. The molecule has 144 valence electrons. The van der Waals surface area contributed by atoms with Crippen LogP contribution in [0.1, 0.15) is 12.5 Å². The van der Waals surface area contributed by atoms with Crippen molar-refractivity contribution in [3.05, 3.63) is 68.7 Å². The number of hydrogen-bond donors (Lipinski definition) is 2. The van der Waals surface area contributed by atoms with E-state index in [4.69, 9.17) is 23.2 Å². The van der Waals surface area contributed by atoms with E-state index in [0.717, 1.165) is 5.56 Å². The molecule has 0 aliphatic rings. The molecule has 0 fully saturated rings. The predicted octanol–water partition coefficient (Wildman–Crippen LogP) is 2.83. The quantitative estimate of drug-likeness (QED) is 0.665. The van der Waals surface area contributed by atoms with Crippen LogP contribution in [-0.2, 0) is 16.1 Å². The zero-order chi connectivity index (χ0) is 20.3. The molecule has 0 bridgehead atoms. The summed E-state index contributed by atoms with van der Waals surface area (Å²) >= 11 is 11.9. The largest absolute Gasteiger partial charge is 0.347 e. The zero-order valence-electron chi connectivity index (χ0n) is 14.8. The van der Waals surface area contributed by atoms with E-state index in [1.54, 1.807) is 36.4 Å². The van der Waals surface area contributed by atoms with Gasteiger partial charge in [0.2, 0.25) is 11.8 Å². The Hall–Kier alpha value is -2.90. The first-order valence-electron chi connectivity index (χ1n) is 8.31. The van der Waals surface area contributed by atoms with E-state index in [-0.39, 0.29) is 24.6 Å². The minimum atomic E-state index is -0.394. The highest BCUT2D eigenvalue weighted by atomic mass is 35.5. The molecular weight excluding hydrogens is 403 g/mol. The van der Waals surface area contributed by atoms with Gasteiger partial charge in [0.1, 0.15) is 0 Å². The number of anilines is 1. The van der Waals surface area contributed by atoms with Gasteiger partial charge in [-0.3, -0.25) is 19.0 Å². The average Bonchev–Trinajstić information content (AvgIpc) is 2.65. The van der Waals surface area contributed by atoms with Gasteiger partial charge in [0.25, 0.3) is 5.56 Å². The third kappa shape index (κ3) is 4.68. The number of fused-ring (bicyclic) bond motifs is 1. The molecule has 0 aliphatic heterocycles. The molecule has 0 radical (unpaired) electrons. The van der Waals surface area contributed by atoms with Gasteiger partial charge in [-0.05, 0) is 35.9 Å². The van der Waals surface area contributed by atoms with E-state index < -0.39 is 5.91 Å². The zero-order valence-corrected chi connectivity index (χ0v) is 16.3. The summed E-state index contributed by atoms with van der Waals surface area (Å²) in [4.78, 5) is 39.9. The molecule has 2 amide bonds. The maximum Gasteiger partial charge on any atom is 0.261 e. The third-order valence-corrected chi connectivity index (χ3v) is 4.68. The lowest BCUT2D eigenvalue weighted by Crippen LogP contribution is -2.31. The molecule has 1 aromatic heterocycles. The lowest BCUT2D eigenvalue weighted by Gasteiger charge is -2.09. The van der Waals surface area contributed by atoms with E-state index in [9.17, 15) is 14.4 Å². The number of rotatable bonds is 5. The first-order chi connectivity index (χ1) is 13.3. The van der Waals surface area contributed by atoms with Crippen LogP contribution >= 0.6 is 23.2 Å². The van der Waals surface area contributed by atoms with Crippen molar-refractivity contribution >= 4 is 51.6 Å². The normalized spacial score (nSPS) is 10.7. The number of halogens is 2. The topological polar surface area (TPSA) is 93.1 Å². The predicted molar refractivity (Wildman–Crippen MR) is 109 cm³/mol. The second-order valence-electron chi connectivity index (χ2n) is 6.12. The SMILES string of the molecule is CC(=O)NCC(=O)Nc1ccc2ncn(Cc3ccc(Cl)c(Cl)c3)c(=O)c2c1. The van der Waals surface area contributed by atoms with Crippen LogP contribution in [0.15, 0.2) is 47.5 Å². The molecule has 7 nitrogen and oxygen atoms in total. The Kier molecular flexibility index (Phi) is 5.96. The number of benzene rings is 2. The summed E-state index contributed by atoms with van der Waals surface area (Å²) in [5.74, 6) is -0.697. The van der Waals surface area contributed by atoms with Gasteiger partial charge < -0.3 is 10.6 Å². The number of amides is 2. The van der Waals surface area contributed by atoms with Crippen LogP contribution in [-0.4, -0.2) is 27.9 Å². The van der Waals surface area contributed by atoms with Crippen LogP contribution in [0.25, 0.3) is 10.9 Å². The molecule has 0 atom stereocenters. The number of nitrogens with one attached hydrogen (secondary N) is 2. The first kappa shape index (κ1) is 19.9. The summed E-state index contributed by atoms with van der Waals surface area (Å²) in [6.45, 7) is 1.45. The smallest absolute Gasteiger partial charge is 0.261 e. The van der Waals surface area contributed by atoms with Gasteiger partial charge in [0.15, 0.2) is 0 Å². The van der Waals surface area contributed by atoms with Crippen molar-refractivity contribution in [2.24, 2.45) is 0 Å². The van der Waals surface area contributed by atoms with E-state index in [0.29, 0.717) is 26.6 Å². The van der Waals surface area contributed by atoms with Gasteiger partial charge in [-0.2, -0.15) is 0 Å². The highest BCUT2D eigenvalue weighted by Gasteiger charge is 2.09. The maximum atomic E-state index is 12.8. The van der Waals surface area contributed by atoms with Crippen molar-refractivity contribution in [3.8, 4) is 0 Å². The molecule has 0 saturated heterocycles. The van der Waals surface area contributed by atoms with Crippen molar-refractivity contribution in [3.63, 3.8) is 0 Å². The molecule has 0 aliphatic carbocycles. The van der Waals surface area contributed by atoms with Crippen LogP contribution in [0, 0.1) is 0 Å². The highest BCUT2D eigenvalue weighted by Crippen LogP contribution is 2.23. The summed E-state index contributed by atoms with van der Waals surface area (Å²) in [5.41, 5.74) is 1.50. The van der Waals surface area contributed by atoms with Gasteiger partial charge in [-0.25, -0.2) is 4.98 Å². The van der Waals surface area contributed by atoms with Crippen molar-refractivity contribution < 1.29 is 9.59 Å². The Labute approximate surface area is 170 Å². The monoisotopic (exact) mass is 418 g/mol. The van der Waals surface area contributed by atoms with E-state index in [1.807, 2.05) is 0 Å². The Morgan fingerprint density at radius 2 is 1.89 bits per heavy atom. The van der Waals surface area contributed by atoms with Crippen molar-refractivity contribution in [2.75, 3.05) is 11.9 Å². The van der Waals surface area contributed by atoms with Crippen molar-refractivity contribution in [2.45, 2.75) is 13.5 Å². The standard InChI is InChI=1S/C19H16Cl2N4O3/c1-11(26)22-8-18(27)24-13-3-5-17-14(7-13)19(28)25(10-23-17)9-12-2-4-15(20)16(21)6-12/h2-7,10H,8-9H2,1H3,(H,22,26)(H,24,27). The van der Waals surface area contributed by atoms with Gasteiger partial charge in [0.05, 0.1) is 40.4 Å². The summed E-state index contributed by atoms with van der Waals surface area (Å²) in [6, 6.07) is 9.99. The van der Waals surface area contributed by atoms with E-state index >= 15 is 0 Å². The van der Waals surface area contributed by atoms with Gasteiger partial charge in [0, 0.05) is 12.6 Å². The Balaban J connectivity index is 1.87. The first-order valence-corrected chi connectivity index (χ1v) is 9.06. The molecule has 3 aromatic rings. The number of aromatic nitrogens is 2. The number of carbonyl (C=O) groups excluding carboxylic acids is 2. The lowest BCUT2D eigenvalue weighted by atomic mass is 10.2. The molecule has 3 rings (SSSR count). The number of nitrogens with zero attached hydrogens (tertiary/aromatic N) is 2. The van der Waals surface area contributed by atoms with E-state index in [2.05, 4.69) is 15.6 Å². The fourth-order valence-electron chi connectivity index (χ4n) is 2.59. The molecule has 0 saturated carbocycles. The summed E-state index contributed by atoms with van der Waals surface area (Å²) in [6.07, 6.45) is 1.46. The fourth-order valence-corrected chi connectivity index (χ4v) is 2.91. The van der Waals surface area contributed by atoms with Gasteiger partial charge in [-0.1, -0.05) is 29.3 Å². The lowest BCUT2D eigenvalue weighted by molar-refractivity contribution is -0.122. The van der Waals surface area contributed by atoms with Crippen molar-refractivity contribution in [1.29, 1.82) is 0 Å². The Morgan fingerprint density at radius 3 is 2.61 bits per heavy atom. The molecular formula is C19H16Cl2N4O3. The second kappa shape index (κ2) is 8.41. The molecule has 0 unspecified atom stereocenters. The fraction of sp³-hybridized carbons (Fsp3) is 0.158. The number of carbonyl (C=O) groups is 2. The highest BCUT2D eigenvalue weighted by molar-refractivity contribution is 6.42. The van der Waals surface area contributed by atoms with Crippen LogP contribution in [0.5, 0.6) is 0 Å². The summed E-state index contributed by atoms with van der Waals surface area (Å²) in [7, 11) is 0. The van der Waals surface area contributed by atoms with Gasteiger partial charge >= 0.3 is 0 Å². The third-order valence-electron chi connectivity index (χ3n) is 3.94. The Morgan fingerprint density at radius 1 is 1.11 bits per heavy atom. The number of hydrogen-bond acceptors (Lipinski definition) is 4. The molecule has 9 heteroatoms. The van der Waals surface area contributed by atoms with Crippen LogP contribution in [0.4, 0.5) is 5.69 Å². The molecule has 2 N–H and O–H groups in total. The summed E-state index contributed by atoms with van der Waals surface area (Å²) in [5, 5.41) is 6.25. The summed E-state index contributed by atoms with van der Waals surface area (Å²) < 4.78 is 1.45. The molecule has 28 heavy (non-hydrogen) atoms. The molecule has 2 aromatic carbocycles. The van der Waals surface area contributed by atoms with Crippen LogP contribution in [0.3, 0.4) is 0 Å². The Bertz CT molecular complexity index is 1130. The minimum absolute atomic E-state index is 0.151. The maximum absolute atomic E-state index is 12.8. The average molecular weight is 419 g/mol. The second-order valence-corrected chi connectivity index (χ2v) is 6.93. The van der Waals surface area contributed by atoms with Crippen LogP contribution < -0.4 is 16.2 Å². The van der Waals surface area contributed by atoms with Crippen molar-refractivity contribution in [1.82, 2.24) is 14.9 Å².